The van der Waals surface area contributed by atoms with E-state index >= 15 is 0 Å². The summed E-state index contributed by atoms with van der Waals surface area (Å²) in [6, 6.07) is 1.39. The minimum Gasteiger partial charge on any atom is -0.512 e. The largest absolute Gasteiger partial charge is 0.512 e. The van der Waals surface area contributed by atoms with E-state index in [4.69, 9.17) is 18.9 Å². The molecular weight excluding hydrogens is 330 g/mol. The van der Waals surface area contributed by atoms with Crippen LogP contribution in [0.4, 0.5) is 5.69 Å². The van der Waals surface area contributed by atoms with Crippen molar-refractivity contribution in [2.45, 2.75) is 13.8 Å². The number of aliphatic hydroxyl groups is 1. The van der Waals surface area contributed by atoms with Crippen molar-refractivity contribution in [1.29, 1.82) is 0 Å². The Labute approximate surface area is 145 Å². The van der Waals surface area contributed by atoms with E-state index in [1.165, 1.54) is 48.4 Å². The zero-order chi connectivity index (χ0) is 19.1. The fourth-order valence-corrected chi connectivity index (χ4v) is 2.10. The van der Waals surface area contributed by atoms with Crippen LogP contribution < -0.4 is 14.2 Å². The zero-order valence-electron chi connectivity index (χ0n) is 15.0. The summed E-state index contributed by atoms with van der Waals surface area (Å²) >= 11 is 0. The molecule has 0 aliphatic heterocycles. The van der Waals surface area contributed by atoms with Crippen molar-refractivity contribution in [3.8, 4) is 17.2 Å². The number of methoxy groups -OCH3 is 4. The predicted octanol–water partition coefficient (Wildman–Crippen LogP) is 2.62. The lowest BCUT2D eigenvalue weighted by molar-refractivity contribution is -0.113. The SMILES string of the molecule is COC(=O)c1cc(OC)c(OC)c(OC)c1N=C/C(C(C)=O)=C(/C)O. The number of ether oxygens (including phenoxy) is 4. The molecule has 8 nitrogen and oxygen atoms in total. The minimum atomic E-state index is -0.680. The second-order valence-electron chi connectivity index (χ2n) is 4.85. The molecule has 0 amide bonds. The molecule has 0 atom stereocenters. The van der Waals surface area contributed by atoms with Crippen LogP contribution in [-0.4, -0.2) is 51.5 Å². The summed E-state index contributed by atoms with van der Waals surface area (Å²) in [6.45, 7) is 2.64. The summed E-state index contributed by atoms with van der Waals surface area (Å²) in [5, 5.41) is 9.59. The van der Waals surface area contributed by atoms with Crippen molar-refractivity contribution in [1.82, 2.24) is 0 Å². The molecule has 0 unspecified atom stereocenters. The van der Waals surface area contributed by atoms with Crippen LogP contribution >= 0.6 is 0 Å². The van der Waals surface area contributed by atoms with Crippen LogP contribution in [0.15, 0.2) is 22.4 Å². The number of benzene rings is 1. The first-order valence-electron chi connectivity index (χ1n) is 7.18. The van der Waals surface area contributed by atoms with Gasteiger partial charge in [0.1, 0.15) is 11.4 Å². The number of rotatable bonds is 7. The van der Waals surface area contributed by atoms with Gasteiger partial charge in [0, 0.05) is 12.3 Å². The minimum absolute atomic E-state index is 0.00680. The number of allylic oxidation sites excluding steroid dienone is 2. The van der Waals surface area contributed by atoms with Crippen LogP contribution in [0.1, 0.15) is 24.2 Å². The number of hydrogen-bond donors (Lipinski definition) is 1. The number of aliphatic imine (C=N–C) groups is 1. The van der Waals surface area contributed by atoms with E-state index in [0.29, 0.717) is 0 Å². The van der Waals surface area contributed by atoms with Crippen LogP contribution in [0.5, 0.6) is 17.2 Å². The van der Waals surface area contributed by atoms with Crippen molar-refractivity contribution in [2.24, 2.45) is 4.99 Å². The monoisotopic (exact) mass is 351 g/mol. The molecule has 1 aromatic rings. The van der Waals surface area contributed by atoms with E-state index in [2.05, 4.69) is 4.99 Å². The highest BCUT2D eigenvalue weighted by Gasteiger charge is 2.24. The number of hydrogen-bond acceptors (Lipinski definition) is 8. The molecule has 136 valence electrons. The van der Waals surface area contributed by atoms with E-state index < -0.39 is 5.97 Å². The predicted molar refractivity (Wildman–Crippen MR) is 91.6 cm³/mol. The third-order valence-electron chi connectivity index (χ3n) is 3.30. The lowest BCUT2D eigenvalue weighted by atomic mass is 10.1. The van der Waals surface area contributed by atoms with Crippen molar-refractivity contribution >= 4 is 23.7 Å². The van der Waals surface area contributed by atoms with Gasteiger partial charge in [-0.25, -0.2) is 4.79 Å². The maximum absolute atomic E-state index is 12.1. The molecule has 0 aliphatic rings. The van der Waals surface area contributed by atoms with Crippen molar-refractivity contribution in [3.05, 3.63) is 23.0 Å². The standard InChI is InChI=1S/C17H21NO7/c1-9(19)12(10(2)20)8-18-14-11(17(21)25-6)7-13(22-3)15(23-4)16(14)24-5/h7-8,19H,1-6H3/b12-9+,18-8?. The molecule has 1 N–H and O–H groups in total. The number of Topliss-reactive ketones (excluding diaryl/α,β-unsaturated/α-hetero) is 1. The number of esters is 1. The second kappa shape index (κ2) is 8.72. The molecule has 0 fully saturated rings. The lowest BCUT2D eigenvalue weighted by Gasteiger charge is -2.16. The highest BCUT2D eigenvalue weighted by atomic mass is 16.5. The van der Waals surface area contributed by atoms with Gasteiger partial charge in [-0.3, -0.25) is 9.79 Å². The summed E-state index contributed by atoms with van der Waals surface area (Å²) in [5.41, 5.74) is 0.117. The lowest BCUT2D eigenvalue weighted by Crippen LogP contribution is -2.06. The topological polar surface area (TPSA) is 104 Å². The van der Waals surface area contributed by atoms with Crippen LogP contribution in [0.25, 0.3) is 0 Å². The highest BCUT2D eigenvalue weighted by Crippen LogP contribution is 2.46. The van der Waals surface area contributed by atoms with Gasteiger partial charge in [0.25, 0.3) is 0 Å². The fraction of sp³-hybridized carbons (Fsp3) is 0.353. The third kappa shape index (κ3) is 4.28. The summed E-state index contributed by atoms with van der Waals surface area (Å²) < 4.78 is 20.5. The van der Waals surface area contributed by atoms with Crippen LogP contribution in [0, 0.1) is 0 Å². The number of nitrogens with zero attached hydrogens (tertiary/aromatic N) is 1. The fourth-order valence-electron chi connectivity index (χ4n) is 2.10. The zero-order valence-corrected chi connectivity index (χ0v) is 15.0. The second-order valence-corrected chi connectivity index (χ2v) is 4.85. The Morgan fingerprint density at radius 1 is 1.04 bits per heavy atom. The van der Waals surface area contributed by atoms with Crippen LogP contribution in [-0.2, 0) is 9.53 Å². The quantitative estimate of drug-likeness (QED) is 0.348. The van der Waals surface area contributed by atoms with E-state index in [1.54, 1.807) is 0 Å². The Kier molecular flexibility index (Phi) is 6.98. The number of carbonyl (C=O) groups excluding carboxylic acids is 2. The smallest absolute Gasteiger partial charge is 0.340 e. The number of carbonyl (C=O) groups is 2. The maximum atomic E-state index is 12.1. The first-order chi connectivity index (χ1) is 11.8. The normalized spacial score (nSPS) is 11.8. The van der Waals surface area contributed by atoms with E-state index in [-0.39, 0.29) is 45.6 Å². The molecular formula is C17H21NO7. The van der Waals surface area contributed by atoms with Gasteiger partial charge in [-0.1, -0.05) is 0 Å². The summed E-state index contributed by atoms with van der Waals surface area (Å²) in [6.07, 6.45) is 1.15. The average Bonchev–Trinajstić information content (AvgIpc) is 2.59. The molecule has 1 aromatic carbocycles. The van der Waals surface area contributed by atoms with Gasteiger partial charge in [0.15, 0.2) is 17.3 Å². The molecule has 0 aromatic heterocycles. The van der Waals surface area contributed by atoms with E-state index in [1.807, 2.05) is 0 Å². The molecule has 0 bridgehead atoms. The van der Waals surface area contributed by atoms with Gasteiger partial charge in [-0.2, -0.15) is 0 Å². The van der Waals surface area contributed by atoms with Crippen LogP contribution in [0.3, 0.4) is 0 Å². The first kappa shape index (κ1) is 20.0. The van der Waals surface area contributed by atoms with Gasteiger partial charge >= 0.3 is 5.97 Å². The molecule has 0 saturated heterocycles. The molecule has 0 saturated carbocycles. The Balaban J connectivity index is 3.73. The third-order valence-corrected chi connectivity index (χ3v) is 3.30. The molecule has 0 radical (unpaired) electrons. The maximum Gasteiger partial charge on any atom is 0.340 e. The van der Waals surface area contributed by atoms with Crippen molar-refractivity contribution in [2.75, 3.05) is 28.4 Å². The van der Waals surface area contributed by atoms with Gasteiger partial charge in [0.05, 0.1) is 39.6 Å². The molecule has 8 heteroatoms. The van der Waals surface area contributed by atoms with Crippen LogP contribution in [0.2, 0.25) is 0 Å². The Morgan fingerprint density at radius 3 is 2.04 bits per heavy atom. The van der Waals surface area contributed by atoms with Gasteiger partial charge in [-0.15, -0.1) is 0 Å². The average molecular weight is 351 g/mol. The Bertz CT molecular complexity index is 731. The molecule has 0 spiro atoms. The van der Waals surface area contributed by atoms with Crippen molar-refractivity contribution < 1.29 is 33.6 Å². The van der Waals surface area contributed by atoms with E-state index in [9.17, 15) is 14.7 Å². The first-order valence-corrected chi connectivity index (χ1v) is 7.18. The highest BCUT2D eigenvalue weighted by molar-refractivity contribution is 6.13. The van der Waals surface area contributed by atoms with Gasteiger partial charge < -0.3 is 24.1 Å². The Morgan fingerprint density at radius 2 is 1.64 bits per heavy atom. The summed E-state index contributed by atoms with van der Waals surface area (Å²) in [4.78, 5) is 27.8. The van der Waals surface area contributed by atoms with Gasteiger partial charge in [0.2, 0.25) is 5.75 Å². The number of ketones is 1. The molecule has 0 heterocycles. The summed E-state index contributed by atoms with van der Waals surface area (Å²) in [7, 11) is 5.41. The number of aliphatic hydroxyl groups excluding tert-OH is 1. The van der Waals surface area contributed by atoms with E-state index in [0.717, 1.165) is 6.21 Å². The van der Waals surface area contributed by atoms with Crippen molar-refractivity contribution in [3.63, 3.8) is 0 Å². The summed E-state index contributed by atoms with van der Waals surface area (Å²) in [5.74, 6) is -0.672. The van der Waals surface area contributed by atoms with Gasteiger partial charge in [-0.05, 0) is 13.8 Å². The molecule has 25 heavy (non-hydrogen) atoms. The molecule has 1 rings (SSSR count). The Hall–Kier alpha value is -3.03. The molecule has 0 aliphatic carbocycles.